The maximum atomic E-state index is 14.4. The SMILES string of the molecule is CC(C)c1ccc(/C=N\NC(=O)CN(Cc2c(F)cccc2Cl)S(=O)(=O)c2ccc(Cl)cc2)cc1. The lowest BCUT2D eigenvalue weighted by molar-refractivity contribution is -0.121. The molecule has 0 heterocycles. The van der Waals surface area contributed by atoms with Gasteiger partial charge in [-0.15, -0.1) is 0 Å². The van der Waals surface area contributed by atoms with Crippen LogP contribution in [-0.4, -0.2) is 31.4 Å². The zero-order valence-corrected chi connectivity index (χ0v) is 21.4. The van der Waals surface area contributed by atoms with E-state index in [4.69, 9.17) is 23.2 Å². The first-order valence-corrected chi connectivity index (χ1v) is 12.9. The number of nitrogens with zero attached hydrogens (tertiary/aromatic N) is 2. The molecule has 3 rings (SSSR count). The van der Waals surface area contributed by atoms with Crippen LogP contribution in [0.2, 0.25) is 10.0 Å². The molecule has 1 N–H and O–H groups in total. The second kappa shape index (κ2) is 11.8. The van der Waals surface area contributed by atoms with Crippen LogP contribution in [0.15, 0.2) is 76.7 Å². The van der Waals surface area contributed by atoms with Crippen molar-refractivity contribution < 1.29 is 17.6 Å². The summed E-state index contributed by atoms with van der Waals surface area (Å²) in [6, 6.07) is 17.1. The number of hydrazone groups is 1. The van der Waals surface area contributed by atoms with Gasteiger partial charge >= 0.3 is 0 Å². The minimum absolute atomic E-state index is 0.0459. The number of sulfonamides is 1. The minimum atomic E-state index is -4.20. The average molecular weight is 536 g/mol. The number of halogens is 3. The summed E-state index contributed by atoms with van der Waals surface area (Å²) in [6.07, 6.45) is 1.45. The topological polar surface area (TPSA) is 78.8 Å². The van der Waals surface area contributed by atoms with Gasteiger partial charge in [-0.2, -0.15) is 9.41 Å². The summed E-state index contributed by atoms with van der Waals surface area (Å²) in [6.45, 7) is 3.10. The molecule has 0 saturated carbocycles. The lowest BCUT2D eigenvalue weighted by atomic mass is 10.0. The van der Waals surface area contributed by atoms with Gasteiger partial charge in [0.25, 0.3) is 5.91 Å². The number of amides is 1. The van der Waals surface area contributed by atoms with E-state index in [9.17, 15) is 17.6 Å². The molecule has 0 aliphatic heterocycles. The predicted molar refractivity (Wildman–Crippen MR) is 137 cm³/mol. The van der Waals surface area contributed by atoms with Crippen LogP contribution in [0.25, 0.3) is 0 Å². The first-order valence-electron chi connectivity index (χ1n) is 10.7. The highest BCUT2D eigenvalue weighted by Crippen LogP contribution is 2.25. The summed E-state index contributed by atoms with van der Waals surface area (Å²) in [5, 5.41) is 4.31. The number of carbonyl (C=O) groups is 1. The van der Waals surface area contributed by atoms with Crippen LogP contribution < -0.4 is 5.43 Å². The number of benzene rings is 3. The van der Waals surface area contributed by atoms with E-state index in [2.05, 4.69) is 24.4 Å². The van der Waals surface area contributed by atoms with Crippen LogP contribution in [-0.2, 0) is 21.4 Å². The van der Waals surface area contributed by atoms with Gasteiger partial charge in [-0.25, -0.2) is 18.2 Å². The second-order valence-corrected chi connectivity index (χ2v) is 10.8. The van der Waals surface area contributed by atoms with E-state index in [-0.39, 0.29) is 15.5 Å². The summed E-state index contributed by atoms with van der Waals surface area (Å²) in [5.41, 5.74) is 4.21. The Hall–Kier alpha value is -2.78. The number of rotatable bonds is 9. The molecule has 0 atom stereocenters. The van der Waals surface area contributed by atoms with Crippen LogP contribution in [0.1, 0.15) is 36.5 Å². The molecule has 3 aromatic carbocycles. The Labute approximate surface area is 214 Å². The highest BCUT2D eigenvalue weighted by atomic mass is 35.5. The third-order valence-electron chi connectivity index (χ3n) is 5.17. The van der Waals surface area contributed by atoms with Gasteiger partial charge in [0.1, 0.15) is 5.82 Å². The van der Waals surface area contributed by atoms with Gasteiger partial charge in [0.05, 0.1) is 17.7 Å². The maximum absolute atomic E-state index is 14.4. The van der Waals surface area contributed by atoms with Gasteiger partial charge in [-0.1, -0.05) is 67.4 Å². The lowest BCUT2D eigenvalue weighted by Crippen LogP contribution is -2.39. The fourth-order valence-electron chi connectivity index (χ4n) is 3.18. The van der Waals surface area contributed by atoms with Crippen molar-refractivity contribution in [2.75, 3.05) is 6.54 Å². The molecular formula is C25H24Cl2FN3O3S. The second-order valence-electron chi connectivity index (χ2n) is 8.04. The van der Waals surface area contributed by atoms with Crippen LogP contribution in [0.3, 0.4) is 0 Å². The van der Waals surface area contributed by atoms with E-state index in [0.717, 1.165) is 9.87 Å². The van der Waals surface area contributed by atoms with Crippen molar-refractivity contribution in [3.05, 3.63) is 99.3 Å². The maximum Gasteiger partial charge on any atom is 0.255 e. The Morgan fingerprint density at radius 3 is 2.31 bits per heavy atom. The van der Waals surface area contributed by atoms with Gasteiger partial charge in [0.15, 0.2) is 0 Å². The number of hydrogen-bond acceptors (Lipinski definition) is 4. The Morgan fingerprint density at radius 1 is 1.06 bits per heavy atom. The molecule has 35 heavy (non-hydrogen) atoms. The van der Waals surface area contributed by atoms with Gasteiger partial charge < -0.3 is 0 Å². The Morgan fingerprint density at radius 2 is 1.71 bits per heavy atom. The molecule has 0 fully saturated rings. The van der Waals surface area contributed by atoms with Gasteiger partial charge in [0.2, 0.25) is 10.0 Å². The highest BCUT2D eigenvalue weighted by Gasteiger charge is 2.28. The first kappa shape index (κ1) is 26.8. The molecule has 0 saturated heterocycles. The summed E-state index contributed by atoms with van der Waals surface area (Å²) in [4.78, 5) is 12.5. The minimum Gasteiger partial charge on any atom is -0.272 e. The fourth-order valence-corrected chi connectivity index (χ4v) is 4.90. The molecule has 3 aromatic rings. The lowest BCUT2D eigenvalue weighted by Gasteiger charge is -2.22. The Kier molecular flexibility index (Phi) is 9.02. The van der Waals surface area contributed by atoms with Gasteiger partial charge in [-0.3, -0.25) is 4.79 Å². The molecule has 0 radical (unpaired) electrons. The van der Waals surface area contributed by atoms with Crippen molar-refractivity contribution in [1.29, 1.82) is 0 Å². The van der Waals surface area contributed by atoms with Crippen LogP contribution in [0.5, 0.6) is 0 Å². The predicted octanol–water partition coefficient (Wildman–Crippen LogP) is 5.60. The average Bonchev–Trinajstić information content (AvgIpc) is 2.81. The van der Waals surface area contributed by atoms with E-state index in [1.54, 1.807) is 0 Å². The molecule has 1 amide bonds. The molecule has 10 heteroatoms. The Bertz CT molecular complexity index is 1290. The van der Waals surface area contributed by atoms with Crippen LogP contribution >= 0.6 is 23.2 Å². The molecule has 0 aromatic heterocycles. The van der Waals surface area contributed by atoms with Gasteiger partial charge in [0, 0.05) is 22.2 Å². The smallest absolute Gasteiger partial charge is 0.255 e. The summed E-state index contributed by atoms with van der Waals surface area (Å²) < 4.78 is 41.8. The third kappa shape index (κ3) is 7.11. The van der Waals surface area contributed by atoms with Crippen LogP contribution in [0, 0.1) is 5.82 Å². The number of carbonyl (C=O) groups excluding carboxylic acids is 1. The van der Waals surface area contributed by atoms with Crippen molar-refractivity contribution in [2.24, 2.45) is 5.10 Å². The normalized spacial score (nSPS) is 12.0. The largest absolute Gasteiger partial charge is 0.272 e. The van der Waals surface area contributed by atoms with E-state index in [1.165, 1.54) is 54.2 Å². The monoisotopic (exact) mass is 535 g/mol. The third-order valence-corrected chi connectivity index (χ3v) is 7.59. The molecule has 0 aliphatic carbocycles. The Balaban J connectivity index is 1.80. The van der Waals surface area contributed by atoms with Crippen LogP contribution in [0.4, 0.5) is 4.39 Å². The molecule has 6 nitrogen and oxygen atoms in total. The van der Waals surface area contributed by atoms with Crippen molar-refractivity contribution >= 4 is 45.3 Å². The van der Waals surface area contributed by atoms with Crippen molar-refractivity contribution in [3.63, 3.8) is 0 Å². The zero-order chi connectivity index (χ0) is 25.6. The summed E-state index contributed by atoms with van der Waals surface area (Å²) in [7, 11) is -4.20. The van der Waals surface area contributed by atoms with Crippen molar-refractivity contribution in [2.45, 2.75) is 31.2 Å². The molecule has 0 spiro atoms. The molecular weight excluding hydrogens is 512 g/mol. The fraction of sp³-hybridized carbons (Fsp3) is 0.200. The molecule has 0 aliphatic rings. The quantitative estimate of drug-likeness (QED) is 0.286. The summed E-state index contributed by atoms with van der Waals surface area (Å²) in [5.74, 6) is -1.00. The number of hydrogen-bond donors (Lipinski definition) is 1. The summed E-state index contributed by atoms with van der Waals surface area (Å²) >= 11 is 12.0. The molecule has 0 unspecified atom stereocenters. The zero-order valence-electron chi connectivity index (χ0n) is 19.1. The number of nitrogens with one attached hydrogen (secondary N) is 1. The van der Waals surface area contributed by atoms with E-state index in [0.29, 0.717) is 10.9 Å². The van der Waals surface area contributed by atoms with E-state index < -0.39 is 34.8 Å². The van der Waals surface area contributed by atoms with E-state index in [1.807, 2.05) is 24.3 Å². The van der Waals surface area contributed by atoms with E-state index >= 15 is 0 Å². The highest BCUT2D eigenvalue weighted by molar-refractivity contribution is 7.89. The standard InChI is InChI=1S/C25H24Cl2FN3O3S/c1-17(2)19-8-6-18(7-9-19)14-29-30-25(32)16-31(15-22-23(27)4-3-5-24(22)28)35(33,34)21-12-10-20(26)11-13-21/h3-14,17H,15-16H2,1-2H3,(H,30,32)/b29-14-. The van der Waals surface area contributed by atoms with Gasteiger partial charge in [-0.05, 0) is 53.4 Å². The van der Waals surface area contributed by atoms with Crippen molar-refractivity contribution in [3.8, 4) is 0 Å². The first-order chi connectivity index (χ1) is 16.6. The molecule has 184 valence electrons. The van der Waals surface area contributed by atoms with Crippen molar-refractivity contribution in [1.82, 2.24) is 9.73 Å². The molecule has 0 bridgehead atoms.